The Bertz CT molecular complexity index is 321. The molecule has 0 saturated carbocycles. The molecule has 1 aliphatic rings. The van der Waals surface area contributed by atoms with Crippen molar-refractivity contribution in [2.45, 2.75) is 25.8 Å². The van der Waals surface area contributed by atoms with Crippen LogP contribution in [0.1, 0.15) is 25.3 Å². The van der Waals surface area contributed by atoms with Crippen LogP contribution >= 0.6 is 0 Å². The Kier molecular flexibility index (Phi) is 3.62. The van der Waals surface area contributed by atoms with E-state index in [1.165, 1.54) is 5.56 Å². The minimum Gasteiger partial charge on any atom is -0.326 e. The van der Waals surface area contributed by atoms with Gasteiger partial charge in [-0.2, -0.15) is 0 Å². The molecule has 2 N–H and O–H groups in total. The Morgan fingerprint density at radius 1 is 1.25 bits per heavy atom. The third-order valence-electron chi connectivity index (χ3n) is 3.29. The highest BCUT2D eigenvalue weighted by Crippen LogP contribution is 2.26. The van der Waals surface area contributed by atoms with Gasteiger partial charge in [-0.25, -0.2) is 0 Å². The van der Waals surface area contributed by atoms with E-state index in [0.717, 1.165) is 25.6 Å². The molecule has 0 aromatic heterocycles. The van der Waals surface area contributed by atoms with Crippen molar-refractivity contribution in [3.8, 4) is 0 Å². The van der Waals surface area contributed by atoms with Crippen LogP contribution in [0.5, 0.6) is 0 Å². The molecule has 16 heavy (non-hydrogen) atoms. The van der Waals surface area contributed by atoms with Crippen LogP contribution in [0.3, 0.4) is 0 Å². The molecule has 1 aromatic rings. The standard InChI is InChI=1S/C14H22N2/c1-11(2)8-16-9-13(14(15)10-16)12-6-4-3-5-7-12/h3-7,11,13-14H,8-10,15H2,1-2H3/t13-,14+/m0/s1. The van der Waals surface area contributed by atoms with Gasteiger partial charge in [-0.1, -0.05) is 44.2 Å². The maximum Gasteiger partial charge on any atom is 0.0249 e. The Balaban J connectivity index is 2.03. The van der Waals surface area contributed by atoms with Gasteiger partial charge in [-0.3, -0.25) is 0 Å². The van der Waals surface area contributed by atoms with Crippen LogP contribution in [0.2, 0.25) is 0 Å². The van der Waals surface area contributed by atoms with Crippen molar-refractivity contribution >= 4 is 0 Å². The lowest BCUT2D eigenvalue weighted by Gasteiger charge is -2.17. The molecule has 1 saturated heterocycles. The highest BCUT2D eigenvalue weighted by molar-refractivity contribution is 5.23. The van der Waals surface area contributed by atoms with Gasteiger partial charge in [-0.05, 0) is 11.5 Å². The molecule has 0 unspecified atom stereocenters. The van der Waals surface area contributed by atoms with Crippen molar-refractivity contribution in [1.82, 2.24) is 4.90 Å². The summed E-state index contributed by atoms with van der Waals surface area (Å²) in [5.41, 5.74) is 7.63. The Morgan fingerprint density at radius 2 is 1.94 bits per heavy atom. The Morgan fingerprint density at radius 3 is 2.56 bits per heavy atom. The molecule has 1 aliphatic heterocycles. The first-order valence-corrected chi connectivity index (χ1v) is 6.19. The monoisotopic (exact) mass is 218 g/mol. The van der Waals surface area contributed by atoms with E-state index in [1.54, 1.807) is 0 Å². The van der Waals surface area contributed by atoms with Crippen molar-refractivity contribution in [2.75, 3.05) is 19.6 Å². The molecule has 88 valence electrons. The van der Waals surface area contributed by atoms with Gasteiger partial charge in [0, 0.05) is 31.6 Å². The average molecular weight is 218 g/mol. The summed E-state index contributed by atoms with van der Waals surface area (Å²) < 4.78 is 0. The first-order chi connectivity index (χ1) is 7.66. The highest BCUT2D eigenvalue weighted by atomic mass is 15.2. The van der Waals surface area contributed by atoms with Gasteiger partial charge in [0.15, 0.2) is 0 Å². The number of nitrogens with two attached hydrogens (primary N) is 1. The van der Waals surface area contributed by atoms with E-state index in [9.17, 15) is 0 Å². The quantitative estimate of drug-likeness (QED) is 0.841. The van der Waals surface area contributed by atoms with Gasteiger partial charge < -0.3 is 10.6 Å². The summed E-state index contributed by atoms with van der Waals surface area (Å²) in [6.07, 6.45) is 0. The number of hydrogen-bond donors (Lipinski definition) is 1. The Hall–Kier alpha value is -0.860. The molecule has 2 rings (SSSR count). The summed E-state index contributed by atoms with van der Waals surface area (Å²) in [6, 6.07) is 11.0. The Labute approximate surface area is 98.4 Å². The summed E-state index contributed by atoms with van der Waals surface area (Å²) in [5.74, 6) is 1.24. The third kappa shape index (κ3) is 2.63. The van der Waals surface area contributed by atoms with E-state index < -0.39 is 0 Å². The lowest BCUT2D eigenvalue weighted by molar-refractivity contribution is 0.292. The van der Waals surface area contributed by atoms with Crippen molar-refractivity contribution in [3.05, 3.63) is 35.9 Å². The van der Waals surface area contributed by atoms with E-state index in [0.29, 0.717) is 12.0 Å². The molecule has 0 spiro atoms. The zero-order valence-corrected chi connectivity index (χ0v) is 10.3. The summed E-state index contributed by atoms with van der Waals surface area (Å²) in [5, 5.41) is 0. The van der Waals surface area contributed by atoms with E-state index in [4.69, 9.17) is 5.73 Å². The number of likely N-dealkylation sites (tertiary alicyclic amines) is 1. The molecule has 1 aromatic carbocycles. The molecule has 0 aliphatic carbocycles. The smallest absolute Gasteiger partial charge is 0.0249 e. The topological polar surface area (TPSA) is 29.3 Å². The van der Waals surface area contributed by atoms with Crippen LogP contribution in [-0.2, 0) is 0 Å². The highest BCUT2D eigenvalue weighted by Gasteiger charge is 2.30. The maximum atomic E-state index is 6.24. The van der Waals surface area contributed by atoms with Crippen molar-refractivity contribution in [1.29, 1.82) is 0 Å². The van der Waals surface area contributed by atoms with Crippen LogP contribution in [0.4, 0.5) is 0 Å². The molecule has 1 fully saturated rings. The molecule has 1 heterocycles. The number of nitrogens with zero attached hydrogens (tertiary/aromatic N) is 1. The second-order valence-electron chi connectivity index (χ2n) is 5.29. The fourth-order valence-electron chi connectivity index (χ4n) is 2.63. The lowest BCUT2D eigenvalue weighted by Crippen LogP contribution is -2.30. The van der Waals surface area contributed by atoms with Crippen LogP contribution in [0.25, 0.3) is 0 Å². The van der Waals surface area contributed by atoms with Crippen molar-refractivity contribution in [2.24, 2.45) is 11.7 Å². The second kappa shape index (κ2) is 4.98. The van der Waals surface area contributed by atoms with Crippen LogP contribution in [0, 0.1) is 5.92 Å². The minimum atomic E-state index is 0.293. The van der Waals surface area contributed by atoms with E-state index >= 15 is 0 Å². The largest absolute Gasteiger partial charge is 0.326 e. The van der Waals surface area contributed by atoms with E-state index in [2.05, 4.69) is 49.1 Å². The molecule has 0 radical (unpaired) electrons. The van der Waals surface area contributed by atoms with Crippen molar-refractivity contribution in [3.63, 3.8) is 0 Å². The van der Waals surface area contributed by atoms with Gasteiger partial charge in [0.25, 0.3) is 0 Å². The fourth-order valence-corrected chi connectivity index (χ4v) is 2.63. The molecule has 2 nitrogen and oxygen atoms in total. The summed E-state index contributed by atoms with van der Waals surface area (Å²) in [6.45, 7) is 7.85. The second-order valence-corrected chi connectivity index (χ2v) is 5.29. The molecular formula is C14H22N2. The van der Waals surface area contributed by atoms with E-state index in [1.807, 2.05) is 0 Å². The van der Waals surface area contributed by atoms with Gasteiger partial charge in [-0.15, -0.1) is 0 Å². The van der Waals surface area contributed by atoms with Gasteiger partial charge in [0.05, 0.1) is 0 Å². The zero-order valence-electron chi connectivity index (χ0n) is 10.3. The zero-order chi connectivity index (χ0) is 11.5. The molecular weight excluding hydrogens is 196 g/mol. The normalized spacial score (nSPS) is 26.5. The van der Waals surface area contributed by atoms with E-state index in [-0.39, 0.29) is 0 Å². The summed E-state index contributed by atoms with van der Waals surface area (Å²) in [7, 11) is 0. The predicted molar refractivity (Wildman–Crippen MR) is 68.4 cm³/mol. The first kappa shape index (κ1) is 11.6. The molecule has 2 heteroatoms. The third-order valence-corrected chi connectivity index (χ3v) is 3.29. The SMILES string of the molecule is CC(C)CN1C[C@@H](N)[C@H](c2ccccc2)C1. The average Bonchev–Trinajstić information content (AvgIpc) is 2.60. The molecule has 0 bridgehead atoms. The maximum absolute atomic E-state index is 6.24. The number of benzene rings is 1. The van der Waals surface area contributed by atoms with Crippen LogP contribution in [0.15, 0.2) is 30.3 Å². The summed E-state index contributed by atoms with van der Waals surface area (Å²) in [4.78, 5) is 2.49. The van der Waals surface area contributed by atoms with Crippen molar-refractivity contribution < 1.29 is 0 Å². The lowest BCUT2D eigenvalue weighted by atomic mass is 9.95. The number of rotatable bonds is 3. The minimum absolute atomic E-state index is 0.293. The fraction of sp³-hybridized carbons (Fsp3) is 0.571. The summed E-state index contributed by atoms with van der Waals surface area (Å²) >= 11 is 0. The van der Waals surface area contributed by atoms with Gasteiger partial charge >= 0.3 is 0 Å². The number of hydrogen-bond acceptors (Lipinski definition) is 2. The molecule has 2 atom stereocenters. The molecule has 0 amide bonds. The van der Waals surface area contributed by atoms with Crippen LogP contribution < -0.4 is 5.73 Å². The first-order valence-electron chi connectivity index (χ1n) is 6.19. The van der Waals surface area contributed by atoms with Gasteiger partial charge in [0.2, 0.25) is 0 Å². The predicted octanol–water partition coefficient (Wildman–Crippen LogP) is 2.07. The van der Waals surface area contributed by atoms with Gasteiger partial charge in [0.1, 0.15) is 0 Å². The van der Waals surface area contributed by atoms with Crippen LogP contribution in [-0.4, -0.2) is 30.6 Å².